The Morgan fingerprint density at radius 2 is 1.50 bits per heavy atom. The smallest absolute Gasteiger partial charge is 0.326 e. The monoisotopic (exact) mass is 519 g/mol. The van der Waals surface area contributed by atoms with E-state index in [1.54, 1.807) is 4.57 Å². The fraction of sp³-hybridized carbons (Fsp3) is 0.516. The van der Waals surface area contributed by atoms with Gasteiger partial charge in [0.15, 0.2) is 0 Å². The molecule has 2 aromatic carbocycles. The standard InChI is InChI=1S/C29H35N3O4.C2H6/c33-26-27(34)32(25-14-8-7-13-24(25)30-26)23-15-19-31(20-16-23)29(17-9-2-1-3-10-18-29)28(35)36-21-22-11-5-4-6-12-22;1-2/h4-8,11-14,23H,1-3,9-10,15-21H2,(H,30,33);1-2H3. The Morgan fingerprint density at radius 3 is 2.18 bits per heavy atom. The van der Waals surface area contributed by atoms with Crippen LogP contribution in [0.3, 0.4) is 0 Å². The SMILES string of the molecule is CC.O=C(OCc1ccccc1)C1(N2CCC(n3c(=O)c(=O)[nH]c4ccccc43)CC2)CCCCCCC1. The highest BCUT2D eigenvalue weighted by molar-refractivity contribution is 5.81. The van der Waals surface area contributed by atoms with E-state index in [0.717, 1.165) is 49.6 Å². The highest BCUT2D eigenvalue weighted by atomic mass is 16.5. The third kappa shape index (κ3) is 5.93. The summed E-state index contributed by atoms with van der Waals surface area (Å²) in [5, 5.41) is 0. The summed E-state index contributed by atoms with van der Waals surface area (Å²) >= 11 is 0. The molecular formula is C31H41N3O4. The van der Waals surface area contributed by atoms with E-state index in [1.165, 1.54) is 6.42 Å². The van der Waals surface area contributed by atoms with Crippen LogP contribution in [0.15, 0.2) is 64.2 Å². The van der Waals surface area contributed by atoms with Crippen molar-refractivity contribution < 1.29 is 9.53 Å². The number of benzene rings is 2. The minimum atomic E-state index is -0.624. The van der Waals surface area contributed by atoms with Crippen molar-refractivity contribution >= 4 is 17.0 Å². The van der Waals surface area contributed by atoms with Crippen molar-refractivity contribution in [2.24, 2.45) is 0 Å². The van der Waals surface area contributed by atoms with Gasteiger partial charge >= 0.3 is 17.1 Å². The van der Waals surface area contributed by atoms with Crippen molar-refractivity contribution in [1.29, 1.82) is 0 Å². The van der Waals surface area contributed by atoms with Crippen LogP contribution in [-0.2, 0) is 16.1 Å². The van der Waals surface area contributed by atoms with E-state index in [-0.39, 0.29) is 18.6 Å². The van der Waals surface area contributed by atoms with Crippen LogP contribution < -0.4 is 11.1 Å². The van der Waals surface area contributed by atoms with Gasteiger partial charge in [0.25, 0.3) is 0 Å². The lowest BCUT2D eigenvalue weighted by molar-refractivity contribution is -0.163. The molecule has 1 saturated carbocycles. The summed E-state index contributed by atoms with van der Waals surface area (Å²) in [5.41, 5.74) is 0.703. The molecule has 2 heterocycles. The molecule has 1 aromatic heterocycles. The molecule has 0 bridgehead atoms. The van der Waals surface area contributed by atoms with E-state index in [0.29, 0.717) is 31.4 Å². The third-order valence-electron chi connectivity index (χ3n) is 8.03. The molecule has 0 amide bonds. The van der Waals surface area contributed by atoms with Gasteiger partial charge in [0, 0.05) is 19.1 Å². The van der Waals surface area contributed by atoms with E-state index in [2.05, 4.69) is 9.88 Å². The van der Waals surface area contributed by atoms with Gasteiger partial charge in [-0.3, -0.25) is 23.9 Å². The van der Waals surface area contributed by atoms with Crippen molar-refractivity contribution in [3.05, 3.63) is 80.9 Å². The highest BCUT2D eigenvalue weighted by Gasteiger charge is 2.46. The van der Waals surface area contributed by atoms with Crippen molar-refractivity contribution in [3.63, 3.8) is 0 Å². The molecular weight excluding hydrogens is 478 g/mol. The quantitative estimate of drug-likeness (QED) is 0.351. The second-order valence-corrected chi connectivity index (χ2v) is 10.2. The fourth-order valence-corrected chi connectivity index (χ4v) is 6.10. The van der Waals surface area contributed by atoms with Gasteiger partial charge in [-0.1, -0.05) is 88.4 Å². The number of hydrogen-bond acceptors (Lipinski definition) is 5. The molecule has 0 atom stereocenters. The van der Waals surface area contributed by atoms with Crippen LogP contribution in [0.4, 0.5) is 0 Å². The van der Waals surface area contributed by atoms with Crippen LogP contribution in [0, 0.1) is 0 Å². The van der Waals surface area contributed by atoms with Crippen LogP contribution in [0.1, 0.15) is 83.2 Å². The van der Waals surface area contributed by atoms with Crippen LogP contribution in [0.5, 0.6) is 0 Å². The molecule has 38 heavy (non-hydrogen) atoms. The molecule has 5 rings (SSSR count). The molecule has 0 radical (unpaired) electrons. The summed E-state index contributed by atoms with van der Waals surface area (Å²) in [6, 6.07) is 17.2. The maximum absolute atomic E-state index is 13.7. The number of fused-ring (bicyclic) bond motifs is 1. The Balaban J connectivity index is 0.00000164. The number of carbonyl (C=O) groups is 1. The molecule has 2 fully saturated rings. The van der Waals surface area contributed by atoms with E-state index < -0.39 is 16.7 Å². The lowest BCUT2D eigenvalue weighted by Gasteiger charge is -2.46. The zero-order valence-corrected chi connectivity index (χ0v) is 22.8. The number of aromatic nitrogens is 2. The lowest BCUT2D eigenvalue weighted by atomic mass is 9.81. The molecule has 1 aliphatic carbocycles. The first kappa shape index (κ1) is 27.8. The Labute approximate surface area is 224 Å². The van der Waals surface area contributed by atoms with E-state index in [9.17, 15) is 14.4 Å². The van der Waals surface area contributed by atoms with Crippen LogP contribution in [0.2, 0.25) is 0 Å². The van der Waals surface area contributed by atoms with Gasteiger partial charge in [0.05, 0.1) is 11.0 Å². The zero-order chi connectivity index (χ0) is 27.0. The summed E-state index contributed by atoms with van der Waals surface area (Å²) in [6.07, 6.45) is 8.55. The van der Waals surface area contributed by atoms with Gasteiger partial charge in [-0.05, 0) is 43.4 Å². The van der Waals surface area contributed by atoms with Crippen molar-refractivity contribution in [1.82, 2.24) is 14.5 Å². The second kappa shape index (κ2) is 13.1. The summed E-state index contributed by atoms with van der Waals surface area (Å²) in [5.74, 6) is -0.120. The number of rotatable bonds is 5. The number of nitrogens with one attached hydrogen (secondary N) is 1. The molecule has 1 saturated heterocycles. The van der Waals surface area contributed by atoms with Gasteiger partial charge < -0.3 is 9.72 Å². The lowest BCUT2D eigenvalue weighted by Crippen LogP contribution is -2.58. The number of aromatic amines is 1. The second-order valence-electron chi connectivity index (χ2n) is 10.2. The van der Waals surface area contributed by atoms with E-state index in [1.807, 2.05) is 68.4 Å². The van der Waals surface area contributed by atoms with Crippen LogP contribution >= 0.6 is 0 Å². The van der Waals surface area contributed by atoms with Crippen LogP contribution in [-0.4, -0.2) is 39.0 Å². The number of ether oxygens (including phenoxy) is 1. The molecule has 204 valence electrons. The molecule has 2 aliphatic rings. The van der Waals surface area contributed by atoms with Gasteiger partial charge in [-0.15, -0.1) is 0 Å². The minimum absolute atomic E-state index is 0.0769. The number of H-pyrrole nitrogens is 1. The molecule has 7 nitrogen and oxygen atoms in total. The summed E-state index contributed by atoms with van der Waals surface area (Å²) < 4.78 is 7.61. The molecule has 0 unspecified atom stereocenters. The number of likely N-dealkylation sites (tertiary alicyclic amines) is 1. The van der Waals surface area contributed by atoms with Crippen molar-refractivity contribution in [3.8, 4) is 0 Å². The molecule has 3 aromatic rings. The Kier molecular flexibility index (Phi) is 9.56. The summed E-state index contributed by atoms with van der Waals surface area (Å²) in [6.45, 7) is 5.67. The zero-order valence-electron chi connectivity index (χ0n) is 22.8. The Morgan fingerprint density at radius 1 is 0.895 bits per heavy atom. The number of para-hydroxylation sites is 2. The topological polar surface area (TPSA) is 84.4 Å². The Hall–Kier alpha value is -3.19. The average molecular weight is 520 g/mol. The van der Waals surface area contributed by atoms with Crippen molar-refractivity contribution in [2.75, 3.05) is 13.1 Å². The van der Waals surface area contributed by atoms with Gasteiger partial charge in [0.2, 0.25) is 0 Å². The molecule has 0 spiro atoms. The number of esters is 1. The van der Waals surface area contributed by atoms with E-state index in [4.69, 9.17) is 4.74 Å². The number of nitrogens with zero attached hydrogens (tertiary/aromatic N) is 2. The number of piperidine rings is 1. The van der Waals surface area contributed by atoms with E-state index >= 15 is 0 Å². The predicted molar refractivity (Wildman–Crippen MR) is 151 cm³/mol. The molecule has 1 aliphatic heterocycles. The first-order chi connectivity index (χ1) is 18.6. The fourth-order valence-electron chi connectivity index (χ4n) is 6.10. The van der Waals surface area contributed by atoms with Crippen molar-refractivity contribution in [2.45, 2.75) is 89.8 Å². The molecule has 1 N–H and O–H groups in total. The van der Waals surface area contributed by atoms with Gasteiger partial charge in [-0.25, -0.2) is 0 Å². The van der Waals surface area contributed by atoms with Gasteiger partial charge in [0.1, 0.15) is 12.1 Å². The largest absolute Gasteiger partial charge is 0.459 e. The summed E-state index contributed by atoms with van der Waals surface area (Å²) in [7, 11) is 0. The number of carbonyl (C=O) groups excluding carboxylic acids is 1. The maximum Gasteiger partial charge on any atom is 0.326 e. The van der Waals surface area contributed by atoms with Gasteiger partial charge in [-0.2, -0.15) is 0 Å². The number of hydrogen-bond donors (Lipinski definition) is 1. The van der Waals surface area contributed by atoms with Crippen LogP contribution in [0.25, 0.3) is 11.0 Å². The first-order valence-electron chi connectivity index (χ1n) is 14.3. The Bertz CT molecular complexity index is 1300. The normalized spacial score (nSPS) is 18.6. The highest BCUT2D eigenvalue weighted by Crippen LogP contribution is 2.37. The third-order valence-corrected chi connectivity index (χ3v) is 8.03. The predicted octanol–water partition coefficient (Wildman–Crippen LogP) is 5.58. The average Bonchev–Trinajstić information content (AvgIpc) is 2.95. The summed E-state index contributed by atoms with van der Waals surface area (Å²) in [4.78, 5) is 44.0. The molecule has 7 heteroatoms. The maximum atomic E-state index is 13.7. The minimum Gasteiger partial charge on any atom is -0.459 e. The first-order valence-corrected chi connectivity index (χ1v) is 14.3.